The molecule has 1 saturated heterocycles. The van der Waals surface area contributed by atoms with Gasteiger partial charge in [-0.15, -0.1) is 0 Å². The minimum Gasteiger partial charge on any atom is -0.462 e. The fourth-order valence-corrected chi connectivity index (χ4v) is 6.42. The summed E-state index contributed by atoms with van der Waals surface area (Å²) < 4.78 is 41.4. The van der Waals surface area contributed by atoms with Crippen LogP contribution in [0.15, 0.2) is 36.5 Å². The molecule has 0 spiro atoms. The third kappa shape index (κ3) is 33.1. The number of nitrogens with zero attached hydrogens (tertiary/aromatic N) is 1. The molecule has 1 heterocycles. The van der Waals surface area contributed by atoms with E-state index < -0.39 is 24.6 Å². The Bertz CT molecular complexity index is 1030. The molecular formula is C45H78F2N2O6. The molecule has 1 N–H and O–H groups in total. The summed E-state index contributed by atoms with van der Waals surface area (Å²) in [5, 5.41) is 2.64. The van der Waals surface area contributed by atoms with Crippen LogP contribution in [0.2, 0.25) is 0 Å². The first kappa shape index (κ1) is 50.3. The molecule has 10 heteroatoms. The molecule has 1 fully saturated rings. The van der Waals surface area contributed by atoms with Crippen molar-refractivity contribution in [1.29, 1.82) is 0 Å². The maximum atomic E-state index is 12.7. The van der Waals surface area contributed by atoms with Crippen LogP contribution in [0.25, 0.3) is 0 Å². The Kier molecular flexibility index (Phi) is 33.7. The summed E-state index contributed by atoms with van der Waals surface area (Å²) in [5.41, 5.74) is 0. The van der Waals surface area contributed by atoms with E-state index in [2.05, 4.69) is 55.6 Å². The third-order valence-corrected chi connectivity index (χ3v) is 9.78. The molecule has 0 aromatic rings. The van der Waals surface area contributed by atoms with Gasteiger partial charge >= 0.3 is 18.0 Å². The fraction of sp³-hybridized carbons (Fsp3) is 0.800. The number of alkyl halides is 2. The zero-order valence-corrected chi connectivity index (χ0v) is 34.8. The Hall–Kier alpha value is -2.75. The van der Waals surface area contributed by atoms with Crippen molar-refractivity contribution in [3.05, 3.63) is 36.5 Å². The van der Waals surface area contributed by atoms with E-state index in [4.69, 9.17) is 14.2 Å². The van der Waals surface area contributed by atoms with E-state index in [-0.39, 0.29) is 44.6 Å². The molecule has 0 radical (unpaired) electrons. The maximum Gasteiger partial charge on any atom is 0.407 e. The van der Waals surface area contributed by atoms with Gasteiger partial charge in [-0.3, -0.25) is 14.5 Å². The average molecular weight is 781 g/mol. The van der Waals surface area contributed by atoms with Gasteiger partial charge in [0.05, 0.1) is 12.6 Å². The molecule has 8 nitrogen and oxygen atoms in total. The van der Waals surface area contributed by atoms with Gasteiger partial charge in [0.15, 0.2) is 6.10 Å². The summed E-state index contributed by atoms with van der Waals surface area (Å²) in [6.07, 6.45) is 37.2. The Morgan fingerprint density at radius 3 is 1.58 bits per heavy atom. The van der Waals surface area contributed by atoms with Gasteiger partial charge in [0, 0.05) is 25.9 Å². The molecule has 0 aliphatic carbocycles. The SMILES string of the molecule is CCCCC/C=C\C/C=C\CCCCCCCC(=O)OCC(COC(=O)NC1CN(CC(F)F)C1)OC(=O)CCCCCCC/C=C\CCCCCCCC. The number of ether oxygens (including phenoxy) is 3. The Morgan fingerprint density at radius 2 is 1.04 bits per heavy atom. The number of allylic oxidation sites excluding steroid dienone is 6. The standard InChI is InChI=1S/C45H78F2N2O6/c1-3-5-7-9-11-13-15-17-19-21-23-25-27-29-31-33-43(50)53-38-41(39-54-45(52)48-40-35-49(36-40)37-42(46)47)55-44(51)34-32-30-28-26-24-22-20-18-16-14-12-10-8-6-4-2/h11,13,17-20,40-42H,3-10,12,14-16,21-39H2,1-2H3,(H,48,52)/b13-11-,19-17-,20-18-. The largest absolute Gasteiger partial charge is 0.462 e. The predicted molar refractivity (Wildman–Crippen MR) is 220 cm³/mol. The van der Waals surface area contributed by atoms with Gasteiger partial charge in [0.25, 0.3) is 6.43 Å². The topological polar surface area (TPSA) is 94.2 Å². The van der Waals surface area contributed by atoms with E-state index in [1.807, 2.05) is 0 Å². The summed E-state index contributed by atoms with van der Waals surface area (Å²) >= 11 is 0. The number of nitrogens with one attached hydrogen (secondary N) is 1. The Morgan fingerprint density at radius 1 is 0.600 bits per heavy atom. The molecule has 1 rings (SSSR count). The highest BCUT2D eigenvalue weighted by Crippen LogP contribution is 2.14. The second-order valence-electron chi connectivity index (χ2n) is 15.2. The molecule has 0 aromatic carbocycles. The minimum atomic E-state index is -2.42. The lowest BCUT2D eigenvalue weighted by Gasteiger charge is -2.38. The fourth-order valence-electron chi connectivity index (χ4n) is 6.42. The second kappa shape index (κ2) is 36.9. The highest BCUT2D eigenvalue weighted by atomic mass is 19.3. The molecule has 1 aliphatic rings. The second-order valence-corrected chi connectivity index (χ2v) is 15.2. The van der Waals surface area contributed by atoms with Crippen LogP contribution in [0.1, 0.15) is 181 Å². The highest BCUT2D eigenvalue weighted by Gasteiger charge is 2.30. The van der Waals surface area contributed by atoms with Crippen molar-refractivity contribution in [1.82, 2.24) is 10.2 Å². The van der Waals surface area contributed by atoms with Crippen molar-refractivity contribution >= 4 is 18.0 Å². The lowest BCUT2D eigenvalue weighted by molar-refractivity contribution is -0.161. The number of halogens is 2. The highest BCUT2D eigenvalue weighted by molar-refractivity contribution is 5.70. The van der Waals surface area contributed by atoms with E-state index in [0.717, 1.165) is 77.0 Å². The smallest absolute Gasteiger partial charge is 0.407 e. The first-order valence-electron chi connectivity index (χ1n) is 22.1. The van der Waals surface area contributed by atoms with Crippen molar-refractivity contribution < 1.29 is 37.4 Å². The van der Waals surface area contributed by atoms with Crippen LogP contribution in [0.5, 0.6) is 0 Å². The van der Waals surface area contributed by atoms with Crippen LogP contribution in [-0.4, -0.2) is 74.4 Å². The average Bonchev–Trinajstić information content (AvgIpc) is 3.14. The summed E-state index contributed by atoms with van der Waals surface area (Å²) in [5.74, 6) is -0.792. The number of carbonyl (C=O) groups excluding carboxylic acids is 3. The first-order valence-corrected chi connectivity index (χ1v) is 22.1. The number of carbonyl (C=O) groups is 3. The van der Waals surface area contributed by atoms with Gasteiger partial charge in [-0.25, -0.2) is 13.6 Å². The van der Waals surface area contributed by atoms with Gasteiger partial charge < -0.3 is 19.5 Å². The lowest BCUT2D eigenvalue weighted by Crippen LogP contribution is -2.60. The van der Waals surface area contributed by atoms with Gasteiger partial charge in [0.2, 0.25) is 0 Å². The molecular weight excluding hydrogens is 702 g/mol. The number of hydrogen-bond acceptors (Lipinski definition) is 7. The predicted octanol–water partition coefficient (Wildman–Crippen LogP) is 12.0. The number of unbranched alkanes of at least 4 members (excludes halogenated alkanes) is 19. The third-order valence-electron chi connectivity index (χ3n) is 9.78. The molecule has 318 valence electrons. The number of likely N-dealkylation sites (tertiary alicyclic amines) is 1. The zero-order valence-electron chi connectivity index (χ0n) is 34.8. The van der Waals surface area contributed by atoms with Crippen molar-refractivity contribution in [2.24, 2.45) is 0 Å². The Balaban J connectivity index is 2.28. The van der Waals surface area contributed by atoms with E-state index >= 15 is 0 Å². The van der Waals surface area contributed by atoms with Crippen LogP contribution in [-0.2, 0) is 23.8 Å². The Labute approximate surface area is 333 Å². The molecule has 1 unspecified atom stereocenters. The van der Waals surface area contributed by atoms with Crippen LogP contribution < -0.4 is 5.32 Å². The first-order chi connectivity index (χ1) is 26.8. The van der Waals surface area contributed by atoms with Gasteiger partial charge in [0.1, 0.15) is 13.2 Å². The van der Waals surface area contributed by atoms with Gasteiger partial charge in [-0.2, -0.15) is 0 Å². The molecule has 55 heavy (non-hydrogen) atoms. The quantitative estimate of drug-likeness (QED) is 0.0290. The van der Waals surface area contributed by atoms with Crippen molar-refractivity contribution in [3.8, 4) is 0 Å². The number of alkyl carbamates (subject to hydrolysis) is 1. The van der Waals surface area contributed by atoms with Crippen LogP contribution in [0.4, 0.5) is 13.6 Å². The summed E-state index contributed by atoms with van der Waals surface area (Å²) in [6.45, 7) is 4.31. The van der Waals surface area contributed by atoms with Crippen LogP contribution >= 0.6 is 0 Å². The van der Waals surface area contributed by atoms with Crippen molar-refractivity contribution in [2.75, 3.05) is 32.8 Å². The summed E-state index contributed by atoms with van der Waals surface area (Å²) in [6, 6.07) is -0.282. The zero-order chi connectivity index (χ0) is 40.0. The lowest BCUT2D eigenvalue weighted by atomic mass is 10.1. The van der Waals surface area contributed by atoms with E-state index in [1.165, 1.54) is 70.6 Å². The number of rotatable bonds is 37. The molecule has 0 aromatic heterocycles. The minimum absolute atomic E-state index is 0.198. The van der Waals surface area contributed by atoms with Crippen LogP contribution in [0.3, 0.4) is 0 Å². The monoisotopic (exact) mass is 781 g/mol. The van der Waals surface area contributed by atoms with E-state index in [0.29, 0.717) is 19.5 Å². The van der Waals surface area contributed by atoms with Crippen molar-refractivity contribution in [3.63, 3.8) is 0 Å². The number of esters is 2. The molecule has 1 amide bonds. The molecule has 0 bridgehead atoms. The van der Waals surface area contributed by atoms with E-state index in [9.17, 15) is 23.2 Å². The molecule has 1 atom stereocenters. The maximum absolute atomic E-state index is 12.7. The van der Waals surface area contributed by atoms with Gasteiger partial charge in [-0.05, 0) is 70.6 Å². The summed E-state index contributed by atoms with van der Waals surface area (Å²) in [7, 11) is 0. The van der Waals surface area contributed by atoms with Crippen molar-refractivity contribution in [2.45, 2.75) is 199 Å². The number of hydrogen-bond donors (Lipinski definition) is 1. The van der Waals surface area contributed by atoms with Crippen LogP contribution in [0, 0.1) is 0 Å². The normalized spacial score (nSPS) is 14.3. The summed E-state index contributed by atoms with van der Waals surface area (Å²) in [4.78, 5) is 39.0. The van der Waals surface area contributed by atoms with Gasteiger partial charge in [-0.1, -0.05) is 134 Å². The number of amides is 1. The molecule has 1 aliphatic heterocycles. The van der Waals surface area contributed by atoms with E-state index in [1.54, 1.807) is 4.90 Å². The molecule has 0 saturated carbocycles.